The molecule has 0 aliphatic carbocycles. The lowest BCUT2D eigenvalue weighted by Gasteiger charge is -2.05. The van der Waals surface area contributed by atoms with Gasteiger partial charge in [-0.3, -0.25) is 4.79 Å². The summed E-state index contributed by atoms with van der Waals surface area (Å²) in [7, 11) is -3.25. The maximum Gasteiger partial charge on any atom is 0.353 e. The largest absolute Gasteiger partial charge is 0.422 e. The zero-order valence-electron chi connectivity index (χ0n) is 15.9. The number of nitrogens with one attached hydrogen (secondary N) is 1. The summed E-state index contributed by atoms with van der Waals surface area (Å²) in [6.07, 6.45) is 1.55. The molecule has 9 heteroatoms. The summed E-state index contributed by atoms with van der Waals surface area (Å²) in [5.41, 5.74) is 0.746. The van der Waals surface area contributed by atoms with Gasteiger partial charge in [0.05, 0.1) is 6.26 Å². The molecule has 6 nitrogen and oxygen atoms in total. The molecule has 0 saturated heterocycles. The molecule has 3 rings (SSSR count). The van der Waals surface area contributed by atoms with Gasteiger partial charge in [0.15, 0.2) is 5.78 Å². The van der Waals surface area contributed by atoms with Gasteiger partial charge in [0.1, 0.15) is 16.4 Å². The van der Waals surface area contributed by atoms with Gasteiger partial charge in [-0.1, -0.05) is 0 Å². The first-order valence-corrected chi connectivity index (χ1v) is 11.6. The predicted molar refractivity (Wildman–Crippen MR) is 112 cm³/mol. The summed E-state index contributed by atoms with van der Waals surface area (Å²) >= 11 is 1.22. The molecule has 1 N–H and O–H groups in total. The van der Waals surface area contributed by atoms with Crippen LogP contribution in [0.3, 0.4) is 0 Å². The molecule has 0 amide bonds. The molecular weight excluding hydrogens is 429 g/mol. The first kappa shape index (κ1) is 21.8. The molecule has 0 bridgehead atoms. The molecular formula is C21H18FNO5S2. The maximum atomic E-state index is 13.0. The van der Waals surface area contributed by atoms with Gasteiger partial charge < -0.3 is 4.74 Å². The first-order chi connectivity index (χ1) is 14.2. The van der Waals surface area contributed by atoms with E-state index in [1.807, 2.05) is 0 Å². The van der Waals surface area contributed by atoms with Crippen molar-refractivity contribution in [3.8, 4) is 5.75 Å². The lowest BCUT2D eigenvalue weighted by atomic mass is 10.0. The Morgan fingerprint density at radius 2 is 1.57 bits per heavy atom. The first-order valence-electron chi connectivity index (χ1n) is 8.87. The third-order valence-electron chi connectivity index (χ3n) is 4.03. The third kappa shape index (κ3) is 6.06. The molecule has 1 heterocycles. The number of hydrogen-bond donors (Lipinski definition) is 1. The van der Waals surface area contributed by atoms with E-state index in [9.17, 15) is 22.4 Å². The number of halogens is 1. The van der Waals surface area contributed by atoms with E-state index in [2.05, 4.69) is 4.72 Å². The van der Waals surface area contributed by atoms with E-state index in [0.717, 1.165) is 11.1 Å². The number of carbonyl (C=O) groups is 2. The van der Waals surface area contributed by atoms with Crippen LogP contribution >= 0.6 is 11.3 Å². The monoisotopic (exact) mass is 447 g/mol. The van der Waals surface area contributed by atoms with Gasteiger partial charge in [-0.15, -0.1) is 11.3 Å². The van der Waals surface area contributed by atoms with Gasteiger partial charge in [-0.05, 0) is 67.1 Å². The Morgan fingerprint density at radius 3 is 2.17 bits per heavy atom. The zero-order valence-corrected chi connectivity index (χ0v) is 17.6. The Morgan fingerprint density at radius 1 is 0.967 bits per heavy atom. The smallest absolute Gasteiger partial charge is 0.353 e. The van der Waals surface area contributed by atoms with Gasteiger partial charge in [0.25, 0.3) is 0 Å². The van der Waals surface area contributed by atoms with Crippen LogP contribution in [-0.4, -0.2) is 33.0 Å². The quantitative estimate of drug-likeness (QED) is 0.325. The summed E-state index contributed by atoms with van der Waals surface area (Å²) in [6, 6.07) is 14.7. The van der Waals surface area contributed by atoms with Crippen molar-refractivity contribution in [3.05, 3.63) is 87.4 Å². The highest BCUT2D eigenvalue weighted by Gasteiger charge is 2.14. The fraction of sp³-hybridized carbons (Fsp3) is 0.143. The van der Waals surface area contributed by atoms with Crippen molar-refractivity contribution < 1.29 is 27.1 Å². The van der Waals surface area contributed by atoms with Crippen LogP contribution in [0.2, 0.25) is 0 Å². The molecule has 0 unspecified atom stereocenters. The highest BCUT2D eigenvalue weighted by Crippen LogP contribution is 2.21. The summed E-state index contributed by atoms with van der Waals surface area (Å²) in [6.45, 7) is 0.247. The number of ether oxygens (including phenoxy) is 1. The number of thiophene rings is 1. The molecule has 0 aliphatic heterocycles. The summed E-state index contributed by atoms with van der Waals surface area (Å²) < 4.78 is 42.9. The molecule has 0 aliphatic rings. The normalized spacial score (nSPS) is 11.3. The molecule has 2 aromatic carbocycles. The number of ketones is 1. The molecule has 0 spiro atoms. The van der Waals surface area contributed by atoms with E-state index in [0.29, 0.717) is 22.4 Å². The number of rotatable bonds is 8. The summed E-state index contributed by atoms with van der Waals surface area (Å²) in [5, 5.41) is 0. The molecule has 156 valence electrons. The van der Waals surface area contributed by atoms with Gasteiger partial charge in [-0.2, -0.15) is 0 Å². The molecule has 0 fully saturated rings. The van der Waals surface area contributed by atoms with Crippen LogP contribution < -0.4 is 9.46 Å². The molecule has 0 atom stereocenters. The number of hydrogen-bond acceptors (Lipinski definition) is 6. The topological polar surface area (TPSA) is 89.5 Å². The Kier molecular flexibility index (Phi) is 6.76. The Balaban J connectivity index is 1.59. The van der Waals surface area contributed by atoms with Crippen LogP contribution in [0.5, 0.6) is 5.75 Å². The second-order valence-electron chi connectivity index (χ2n) is 6.43. The predicted octanol–water partition coefficient (Wildman–Crippen LogP) is 3.43. The van der Waals surface area contributed by atoms with E-state index >= 15 is 0 Å². The zero-order chi connectivity index (χ0) is 21.7. The number of benzene rings is 2. The molecule has 0 saturated carbocycles. The van der Waals surface area contributed by atoms with Gasteiger partial charge >= 0.3 is 5.97 Å². The SMILES string of the molecule is CS(=O)(=O)NCCc1ccc(C(=O)Oc2ccc(C(=O)c3ccc(F)cc3)cc2)s1. The minimum atomic E-state index is -3.25. The van der Waals surface area contributed by atoms with Crippen molar-refractivity contribution in [2.75, 3.05) is 12.8 Å². The van der Waals surface area contributed by atoms with Gasteiger partial charge in [-0.25, -0.2) is 22.3 Å². The number of sulfonamides is 1. The lowest BCUT2D eigenvalue weighted by molar-refractivity contribution is 0.0739. The third-order valence-corrected chi connectivity index (χ3v) is 5.89. The maximum absolute atomic E-state index is 13.0. The van der Waals surface area contributed by atoms with E-state index in [-0.39, 0.29) is 18.1 Å². The molecule has 3 aromatic rings. The van der Waals surface area contributed by atoms with Crippen molar-refractivity contribution in [2.24, 2.45) is 0 Å². The minimum Gasteiger partial charge on any atom is -0.422 e. The van der Waals surface area contributed by atoms with Crippen molar-refractivity contribution >= 4 is 33.1 Å². The highest BCUT2D eigenvalue weighted by atomic mass is 32.2. The van der Waals surface area contributed by atoms with E-state index in [1.165, 1.54) is 59.9 Å². The molecule has 0 radical (unpaired) electrons. The van der Waals surface area contributed by atoms with Crippen molar-refractivity contribution in [1.82, 2.24) is 4.72 Å². The fourth-order valence-corrected chi connectivity index (χ4v) is 3.94. The average molecular weight is 448 g/mol. The molecule has 1 aromatic heterocycles. The standard InChI is InChI=1S/C21H18FNO5S2/c1-30(26,27)23-13-12-18-10-11-19(29-18)21(25)28-17-8-4-15(5-9-17)20(24)14-2-6-16(22)7-3-14/h2-11,23H,12-13H2,1H3. The lowest BCUT2D eigenvalue weighted by Crippen LogP contribution is -2.24. The highest BCUT2D eigenvalue weighted by molar-refractivity contribution is 7.88. The van der Waals surface area contributed by atoms with Gasteiger partial charge in [0, 0.05) is 22.5 Å². The van der Waals surface area contributed by atoms with E-state index in [1.54, 1.807) is 12.1 Å². The van der Waals surface area contributed by atoms with Crippen LogP contribution in [0.25, 0.3) is 0 Å². The Labute approximate surface area is 177 Å². The van der Waals surface area contributed by atoms with Crippen molar-refractivity contribution in [2.45, 2.75) is 6.42 Å². The summed E-state index contributed by atoms with van der Waals surface area (Å²) in [5.74, 6) is -0.944. The van der Waals surface area contributed by atoms with E-state index in [4.69, 9.17) is 4.74 Å². The molecule has 30 heavy (non-hydrogen) atoms. The van der Waals surface area contributed by atoms with Gasteiger partial charge in [0.2, 0.25) is 10.0 Å². The van der Waals surface area contributed by atoms with E-state index < -0.39 is 21.8 Å². The van der Waals surface area contributed by atoms with Crippen LogP contribution in [0.4, 0.5) is 4.39 Å². The van der Waals surface area contributed by atoms with Crippen LogP contribution in [0.15, 0.2) is 60.7 Å². The second kappa shape index (κ2) is 9.29. The number of esters is 1. The van der Waals surface area contributed by atoms with Crippen LogP contribution in [0.1, 0.15) is 30.5 Å². The average Bonchev–Trinajstić information content (AvgIpc) is 3.17. The van der Waals surface area contributed by atoms with Crippen molar-refractivity contribution in [3.63, 3.8) is 0 Å². The number of carbonyl (C=O) groups excluding carboxylic acids is 2. The minimum absolute atomic E-state index is 0.247. The summed E-state index contributed by atoms with van der Waals surface area (Å²) in [4.78, 5) is 25.9. The van der Waals surface area contributed by atoms with Crippen LogP contribution in [0, 0.1) is 5.82 Å². The second-order valence-corrected chi connectivity index (χ2v) is 9.43. The van der Waals surface area contributed by atoms with Crippen molar-refractivity contribution in [1.29, 1.82) is 0 Å². The fourth-order valence-electron chi connectivity index (χ4n) is 2.58. The van der Waals surface area contributed by atoms with Crippen LogP contribution in [-0.2, 0) is 16.4 Å². The Bertz CT molecular complexity index is 1150. The Hall–Kier alpha value is -2.88.